The third-order valence-electron chi connectivity index (χ3n) is 4.31. The van der Waals surface area contributed by atoms with Crippen LogP contribution in [0.25, 0.3) is 0 Å². The van der Waals surface area contributed by atoms with Gasteiger partial charge in [-0.2, -0.15) is 0 Å². The molecular weight excluding hydrogens is 384 g/mol. The Balaban J connectivity index is 1.87. The molecule has 156 valence electrons. The second-order valence-corrected chi connectivity index (χ2v) is 7.74. The summed E-state index contributed by atoms with van der Waals surface area (Å²) in [6, 6.07) is 14.6. The summed E-state index contributed by atoms with van der Waals surface area (Å²) in [7, 11) is 0. The number of anilines is 1. The molecule has 29 heavy (non-hydrogen) atoms. The lowest BCUT2D eigenvalue weighted by molar-refractivity contribution is 0.0977. The van der Waals surface area contributed by atoms with Gasteiger partial charge in [-0.15, -0.1) is 0 Å². The number of hydrogen-bond donors (Lipinski definition) is 2. The third kappa shape index (κ3) is 8.11. The molecule has 0 saturated carbocycles. The molecule has 2 aromatic rings. The van der Waals surface area contributed by atoms with Gasteiger partial charge in [0.2, 0.25) is 0 Å². The Bertz CT molecular complexity index is 806. The highest BCUT2D eigenvalue weighted by molar-refractivity contribution is 7.80. The van der Waals surface area contributed by atoms with Gasteiger partial charge in [0.25, 0.3) is 5.91 Å². The molecule has 1 atom stereocenters. The molecule has 0 saturated heterocycles. The van der Waals surface area contributed by atoms with Crippen molar-refractivity contribution in [2.75, 3.05) is 11.9 Å². The van der Waals surface area contributed by atoms with Crippen LogP contribution in [0.4, 0.5) is 5.69 Å². The van der Waals surface area contributed by atoms with E-state index in [4.69, 9.17) is 21.7 Å². The molecule has 0 aliphatic carbocycles. The van der Waals surface area contributed by atoms with E-state index < -0.39 is 0 Å². The molecule has 0 fully saturated rings. The maximum absolute atomic E-state index is 12.5. The maximum atomic E-state index is 12.5. The van der Waals surface area contributed by atoms with Crippen molar-refractivity contribution in [3.8, 4) is 11.5 Å². The van der Waals surface area contributed by atoms with Crippen LogP contribution in [0.1, 0.15) is 50.9 Å². The van der Waals surface area contributed by atoms with E-state index in [0.717, 1.165) is 24.3 Å². The lowest BCUT2D eigenvalue weighted by Gasteiger charge is -2.14. The molecule has 1 amide bonds. The van der Waals surface area contributed by atoms with Crippen LogP contribution in [0.3, 0.4) is 0 Å². The summed E-state index contributed by atoms with van der Waals surface area (Å²) in [5.74, 6) is 1.80. The Kier molecular flexibility index (Phi) is 8.93. The third-order valence-corrected chi connectivity index (χ3v) is 4.52. The molecule has 1 unspecified atom stereocenters. The number of nitrogens with one attached hydrogen (secondary N) is 2. The number of benzene rings is 2. The predicted octanol–water partition coefficient (Wildman–Crippen LogP) is 5.42. The molecule has 0 aliphatic heterocycles. The van der Waals surface area contributed by atoms with Gasteiger partial charge in [0.05, 0.1) is 12.7 Å². The van der Waals surface area contributed by atoms with E-state index in [0.29, 0.717) is 23.8 Å². The van der Waals surface area contributed by atoms with E-state index >= 15 is 0 Å². The van der Waals surface area contributed by atoms with Crippen molar-refractivity contribution in [1.29, 1.82) is 0 Å². The molecule has 0 bridgehead atoms. The van der Waals surface area contributed by atoms with Crippen molar-refractivity contribution >= 4 is 28.9 Å². The largest absolute Gasteiger partial charge is 0.494 e. The summed E-state index contributed by atoms with van der Waals surface area (Å²) in [4.78, 5) is 12.5. The average molecular weight is 415 g/mol. The van der Waals surface area contributed by atoms with Gasteiger partial charge in [-0.1, -0.05) is 26.8 Å². The Morgan fingerprint density at radius 3 is 2.45 bits per heavy atom. The van der Waals surface area contributed by atoms with Crippen LogP contribution in [0.2, 0.25) is 0 Å². The van der Waals surface area contributed by atoms with E-state index in [9.17, 15) is 4.79 Å². The van der Waals surface area contributed by atoms with E-state index in [2.05, 4.69) is 31.4 Å². The quantitative estimate of drug-likeness (QED) is 0.537. The Labute approximate surface area is 178 Å². The van der Waals surface area contributed by atoms with Crippen LogP contribution in [-0.2, 0) is 0 Å². The summed E-state index contributed by atoms with van der Waals surface area (Å²) in [6.45, 7) is 9.07. The van der Waals surface area contributed by atoms with Gasteiger partial charge >= 0.3 is 0 Å². The Morgan fingerprint density at radius 2 is 1.79 bits per heavy atom. The summed E-state index contributed by atoms with van der Waals surface area (Å²) in [6.07, 6.45) is 2.00. The van der Waals surface area contributed by atoms with Gasteiger partial charge < -0.3 is 14.8 Å². The predicted molar refractivity (Wildman–Crippen MR) is 122 cm³/mol. The fourth-order valence-electron chi connectivity index (χ4n) is 2.41. The molecule has 0 aromatic heterocycles. The summed E-state index contributed by atoms with van der Waals surface area (Å²) < 4.78 is 11.5. The first-order chi connectivity index (χ1) is 13.9. The van der Waals surface area contributed by atoms with E-state index in [-0.39, 0.29) is 17.1 Å². The number of ether oxygens (including phenoxy) is 2. The van der Waals surface area contributed by atoms with Gasteiger partial charge in [0.15, 0.2) is 5.11 Å². The highest BCUT2D eigenvalue weighted by Gasteiger charge is 2.10. The Morgan fingerprint density at radius 1 is 1.07 bits per heavy atom. The number of carbonyl (C=O) groups is 1. The zero-order chi connectivity index (χ0) is 21.2. The fourth-order valence-corrected chi connectivity index (χ4v) is 2.62. The first kappa shape index (κ1) is 22.7. The van der Waals surface area contributed by atoms with Crippen molar-refractivity contribution in [3.63, 3.8) is 0 Å². The first-order valence-corrected chi connectivity index (χ1v) is 10.4. The second-order valence-electron chi connectivity index (χ2n) is 7.33. The zero-order valence-corrected chi connectivity index (χ0v) is 18.3. The Hall–Kier alpha value is -2.60. The minimum Gasteiger partial charge on any atom is -0.494 e. The minimum absolute atomic E-state index is 0.0911. The van der Waals surface area contributed by atoms with Gasteiger partial charge in [-0.25, -0.2) is 0 Å². The average Bonchev–Trinajstić information content (AvgIpc) is 2.69. The molecule has 5 nitrogen and oxygen atoms in total. The van der Waals surface area contributed by atoms with Crippen LogP contribution in [-0.4, -0.2) is 23.7 Å². The monoisotopic (exact) mass is 414 g/mol. The van der Waals surface area contributed by atoms with Crippen molar-refractivity contribution in [2.45, 2.75) is 46.6 Å². The van der Waals surface area contributed by atoms with E-state index in [1.54, 1.807) is 18.2 Å². The summed E-state index contributed by atoms with van der Waals surface area (Å²) in [5, 5.41) is 5.94. The molecule has 6 heteroatoms. The van der Waals surface area contributed by atoms with Crippen LogP contribution in [0.15, 0.2) is 48.5 Å². The van der Waals surface area contributed by atoms with Crippen LogP contribution in [0, 0.1) is 5.92 Å². The normalized spacial score (nSPS) is 11.6. The minimum atomic E-state index is -0.286. The lowest BCUT2D eigenvalue weighted by Crippen LogP contribution is -2.34. The maximum Gasteiger partial charge on any atom is 0.257 e. The van der Waals surface area contributed by atoms with Gasteiger partial charge in [-0.05, 0) is 80.4 Å². The van der Waals surface area contributed by atoms with Crippen LogP contribution >= 0.6 is 12.2 Å². The van der Waals surface area contributed by atoms with Crippen molar-refractivity contribution in [2.24, 2.45) is 5.92 Å². The summed E-state index contributed by atoms with van der Waals surface area (Å²) in [5.41, 5.74) is 1.27. The first-order valence-electron chi connectivity index (χ1n) is 9.99. The van der Waals surface area contributed by atoms with Gasteiger partial charge in [-0.3, -0.25) is 10.1 Å². The van der Waals surface area contributed by atoms with E-state index in [1.807, 2.05) is 37.3 Å². The smallest absolute Gasteiger partial charge is 0.257 e. The topological polar surface area (TPSA) is 59.6 Å². The highest BCUT2D eigenvalue weighted by atomic mass is 32.1. The molecule has 2 N–H and O–H groups in total. The molecule has 0 aliphatic rings. The number of amides is 1. The van der Waals surface area contributed by atoms with Crippen molar-refractivity contribution in [1.82, 2.24) is 5.32 Å². The number of thiocarbonyl (C=S) groups is 1. The van der Waals surface area contributed by atoms with Crippen molar-refractivity contribution in [3.05, 3.63) is 54.1 Å². The number of carbonyl (C=O) groups excluding carboxylic acids is 1. The van der Waals surface area contributed by atoms with Crippen LogP contribution < -0.4 is 20.1 Å². The van der Waals surface area contributed by atoms with Crippen LogP contribution in [0.5, 0.6) is 11.5 Å². The molecule has 2 aromatic carbocycles. The second kappa shape index (κ2) is 11.4. The SMILES string of the molecule is CCC(C)Oc1cccc(C(=O)NC(=S)Nc2ccc(OCCC(C)C)cc2)c1. The molecule has 0 radical (unpaired) electrons. The standard InChI is InChI=1S/C23H30N2O3S/c1-5-17(4)28-21-8-6-7-18(15-21)22(26)25-23(29)24-19-9-11-20(12-10-19)27-14-13-16(2)3/h6-12,15-17H,5,13-14H2,1-4H3,(H2,24,25,26,29). The van der Waals surface area contributed by atoms with E-state index in [1.165, 1.54) is 0 Å². The molecule has 0 spiro atoms. The fraction of sp³-hybridized carbons (Fsp3) is 0.391. The van der Waals surface area contributed by atoms with Crippen molar-refractivity contribution < 1.29 is 14.3 Å². The molecule has 2 rings (SSSR count). The molecular formula is C23H30N2O3S. The number of hydrogen-bond acceptors (Lipinski definition) is 4. The summed E-state index contributed by atoms with van der Waals surface area (Å²) >= 11 is 5.26. The zero-order valence-electron chi connectivity index (χ0n) is 17.5. The number of rotatable bonds is 9. The highest BCUT2D eigenvalue weighted by Crippen LogP contribution is 2.17. The van der Waals surface area contributed by atoms with Gasteiger partial charge in [0.1, 0.15) is 11.5 Å². The molecule has 0 heterocycles. The van der Waals surface area contributed by atoms with Gasteiger partial charge in [0, 0.05) is 11.3 Å². The lowest BCUT2D eigenvalue weighted by atomic mass is 10.1.